The van der Waals surface area contributed by atoms with Crippen LogP contribution in [0, 0.1) is 5.92 Å². The van der Waals surface area contributed by atoms with Crippen molar-refractivity contribution in [3.63, 3.8) is 0 Å². The van der Waals surface area contributed by atoms with Gasteiger partial charge in [0.1, 0.15) is 0 Å². The van der Waals surface area contributed by atoms with Crippen molar-refractivity contribution in [2.75, 3.05) is 26.3 Å². The lowest BCUT2D eigenvalue weighted by Crippen LogP contribution is -2.46. The van der Waals surface area contributed by atoms with Gasteiger partial charge in [-0.3, -0.25) is 4.98 Å². The van der Waals surface area contributed by atoms with Crippen molar-refractivity contribution in [3.8, 4) is 0 Å². The first kappa shape index (κ1) is 15.3. The molecular weight excluding hydrogens is 278 g/mol. The largest absolute Gasteiger partial charge is 0.381 e. The van der Waals surface area contributed by atoms with E-state index in [9.17, 15) is 4.79 Å². The molecule has 5 heteroatoms. The molecule has 0 bridgehead atoms. The van der Waals surface area contributed by atoms with E-state index in [1.807, 2.05) is 29.3 Å². The number of urea groups is 1. The summed E-state index contributed by atoms with van der Waals surface area (Å²) in [5.41, 5.74) is 1.00. The summed E-state index contributed by atoms with van der Waals surface area (Å²) in [6.45, 7) is 3.22. The first-order chi connectivity index (χ1) is 10.8. The van der Waals surface area contributed by atoms with Crippen molar-refractivity contribution in [2.24, 2.45) is 5.92 Å². The predicted octanol–water partition coefficient (Wildman–Crippen LogP) is 2.74. The second kappa shape index (κ2) is 7.58. The Kier molecular flexibility index (Phi) is 5.27. The van der Waals surface area contributed by atoms with Crippen LogP contribution in [0.3, 0.4) is 0 Å². The lowest BCUT2D eigenvalue weighted by molar-refractivity contribution is 0.0657. The number of hydrogen-bond acceptors (Lipinski definition) is 3. The van der Waals surface area contributed by atoms with Crippen LogP contribution < -0.4 is 5.32 Å². The standard InChI is InChI=1S/C17H25N3O2/c21-17(19-13-14-7-11-22-12-8-14)20-10-4-2-6-16(20)15-5-1-3-9-18-15/h1,3,5,9,14,16H,2,4,6-8,10-13H2,(H,19,21). The molecule has 0 radical (unpaired) electrons. The summed E-state index contributed by atoms with van der Waals surface area (Å²) in [5.74, 6) is 0.552. The van der Waals surface area contributed by atoms with Gasteiger partial charge in [0.25, 0.3) is 0 Å². The minimum atomic E-state index is 0.0573. The molecule has 1 atom stereocenters. The topological polar surface area (TPSA) is 54.5 Å². The van der Waals surface area contributed by atoms with E-state index < -0.39 is 0 Å². The highest BCUT2D eigenvalue weighted by Crippen LogP contribution is 2.29. The van der Waals surface area contributed by atoms with Crippen LogP contribution in [0.5, 0.6) is 0 Å². The zero-order valence-electron chi connectivity index (χ0n) is 13.0. The predicted molar refractivity (Wildman–Crippen MR) is 84.5 cm³/mol. The summed E-state index contributed by atoms with van der Waals surface area (Å²) in [4.78, 5) is 19.0. The molecule has 2 aliphatic heterocycles. The molecule has 2 saturated heterocycles. The molecule has 0 aromatic carbocycles. The molecule has 1 unspecified atom stereocenters. The van der Waals surface area contributed by atoms with Crippen LogP contribution in [-0.2, 0) is 4.74 Å². The minimum Gasteiger partial charge on any atom is -0.381 e. The van der Waals surface area contributed by atoms with Crippen molar-refractivity contribution in [3.05, 3.63) is 30.1 Å². The molecule has 120 valence electrons. The van der Waals surface area contributed by atoms with Crippen LogP contribution in [-0.4, -0.2) is 42.2 Å². The highest BCUT2D eigenvalue weighted by molar-refractivity contribution is 5.74. The number of ether oxygens (including phenoxy) is 1. The number of pyridine rings is 1. The number of hydrogen-bond donors (Lipinski definition) is 1. The first-order valence-electron chi connectivity index (χ1n) is 8.38. The maximum absolute atomic E-state index is 12.6. The van der Waals surface area contributed by atoms with Gasteiger partial charge in [-0.2, -0.15) is 0 Å². The molecule has 0 saturated carbocycles. The molecule has 5 nitrogen and oxygen atoms in total. The monoisotopic (exact) mass is 303 g/mol. The van der Waals surface area contributed by atoms with E-state index in [2.05, 4.69) is 10.3 Å². The lowest BCUT2D eigenvalue weighted by Gasteiger charge is -2.36. The number of piperidine rings is 1. The average Bonchev–Trinajstić information content (AvgIpc) is 2.61. The highest BCUT2D eigenvalue weighted by Gasteiger charge is 2.29. The fourth-order valence-electron chi connectivity index (χ4n) is 3.34. The Labute approximate surface area is 132 Å². The Morgan fingerprint density at radius 1 is 1.27 bits per heavy atom. The summed E-state index contributed by atoms with van der Waals surface area (Å²) >= 11 is 0. The van der Waals surface area contributed by atoms with Crippen molar-refractivity contribution >= 4 is 6.03 Å². The summed E-state index contributed by atoms with van der Waals surface area (Å²) in [5, 5.41) is 3.13. The van der Waals surface area contributed by atoms with Gasteiger partial charge in [-0.05, 0) is 50.2 Å². The third-order valence-corrected chi connectivity index (χ3v) is 4.68. The second-order valence-electron chi connectivity index (χ2n) is 6.20. The van der Waals surface area contributed by atoms with Gasteiger partial charge in [-0.15, -0.1) is 0 Å². The smallest absolute Gasteiger partial charge is 0.317 e. The number of carbonyl (C=O) groups is 1. The van der Waals surface area contributed by atoms with E-state index in [0.29, 0.717) is 5.92 Å². The SMILES string of the molecule is O=C(NCC1CCOCC1)N1CCCCC1c1ccccn1. The zero-order valence-corrected chi connectivity index (χ0v) is 13.0. The Morgan fingerprint density at radius 3 is 2.91 bits per heavy atom. The number of carbonyl (C=O) groups excluding carboxylic acids is 1. The van der Waals surface area contributed by atoms with E-state index >= 15 is 0 Å². The van der Waals surface area contributed by atoms with Crippen molar-refractivity contribution in [1.82, 2.24) is 15.2 Å². The third-order valence-electron chi connectivity index (χ3n) is 4.68. The molecule has 2 fully saturated rings. The van der Waals surface area contributed by atoms with E-state index in [1.54, 1.807) is 0 Å². The van der Waals surface area contributed by atoms with E-state index in [-0.39, 0.29) is 12.1 Å². The van der Waals surface area contributed by atoms with Crippen LogP contribution in [0.15, 0.2) is 24.4 Å². The van der Waals surface area contributed by atoms with Gasteiger partial charge in [-0.25, -0.2) is 4.79 Å². The maximum atomic E-state index is 12.6. The van der Waals surface area contributed by atoms with E-state index in [0.717, 1.165) is 64.1 Å². The molecule has 1 aromatic rings. The summed E-state index contributed by atoms with van der Waals surface area (Å²) < 4.78 is 5.37. The van der Waals surface area contributed by atoms with Crippen molar-refractivity contribution in [1.29, 1.82) is 0 Å². The fourth-order valence-corrected chi connectivity index (χ4v) is 3.34. The van der Waals surface area contributed by atoms with Gasteiger partial charge in [0.15, 0.2) is 0 Å². The number of amides is 2. The summed E-state index contributed by atoms with van der Waals surface area (Å²) in [7, 11) is 0. The van der Waals surface area contributed by atoms with Gasteiger partial charge < -0.3 is 15.0 Å². The molecule has 2 aliphatic rings. The highest BCUT2D eigenvalue weighted by atomic mass is 16.5. The number of aromatic nitrogens is 1. The van der Waals surface area contributed by atoms with Gasteiger partial charge in [0.05, 0.1) is 11.7 Å². The Morgan fingerprint density at radius 2 is 2.14 bits per heavy atom. The minimum absolute atomic E-state index is 0.0573. The molecule has 0 aliphatic carbocycles. The number of likely N-dealkylation sites (tertiary alicyclic amines) is 1. The molecule has 22 heavy (non-hydrogen) atoms. The number of rotatable bonds is 3. The molecule has 1 aromatic heterocycles. The van der Waals surface area contributed by atoms with Crippen molar-refractivity contribution in [2.45, 2.75) is 38.1 Å². The van der Waals surface area contributed by atoms with E-state index in [1.165, 1.54) is 0 Å². The Balaban J connectivity index is 1.59. The Hall–Kier alpha value is -1.62. The molecule has 3 heterocycles. The van der Waals surface area contributed by atoms with Crippen LogP contribution in [0.25, 0.3) is 0 Å². The van der Waals surface area contributed by atoms with Crippen LogP contribution in [0.4, 0.5) is 4.79 Å². The third kappa shape index (κ3) is 3.77. The maximum Gasteiger partial charge on any atom is 0.317 e. The summed E-state index contributed by atoms with van der Waals surface area (Å²) in [6.07, 6.45) is 7.14. The van der Waals surface area contributed by atoms with Crippen LogP contribution >= 0.6 is 0 Å². The molecule has 3 rings (SSSR count). The van der Waals surface area contributed by atoms with Crippen LogP contribution in [0.2, 0.25) is 0 Å². The first-order valence-corrected chi connectivity index (χ1v) is 8.38. The number of nitrogens with one attached hydrogen (secondary N) is 1. The van der Waals surface area contributed by atoms with Crippen LogP contribution in [0.1, 0.15) is 43.8 Å². The Bertz CT molecular complexity index is 474. The van der Waals surface area contributed by atoms with E-state index in [4.69, 9.17) is 4.74 Å². The molecule has 0 spiro atoms. The average molecular weight is 303 g/mol. The normalized spacial score (nSPS) is 23.3. The van der Waals surface area contributed by atoms with Gasteiger partial charge in [-0.1, -0.05) is 6.07 Å². The molecule has 1 N–H and O–H groups in total. The van der Waals surface area contributed by atoms with Crippen molar-refractivity contribution < 1.29 is 9.53 Å². The quantitative estimate of drug-likeness (QED) is 0.934. The zero-order chi connectivity index (χ0) is 15.2. The fraction of sp³-hybridized carbons (Fsp3) is 0.647. The second-order valence-corrected chi connectivity index (χ2v) is 6.20. The summed E-state index contributed by atoms with van der Waals surface area (Å²) in [6, 6.07) is 6.11. The number of nitrogens with zero attached hydrogens (tertiary/aromatic N) is 2. The molecular formula is C17H25N3O2. The molecule has 2 amide bonds. The van der Waals surface area contributed by atoms with Gasteiger partial charge in [0.2, 0.25) is 0 Å². The van der Waals surface area contributed by atoms with Gasteiger partial charge >= 0.3 is 6.03 Å². The lowest BCUT2D eigenvalue weighted by atomic mass is 9.99. The van der Waals surface area contributed by atoms with Gasteiger partial charge in [0, 0.05) is 32.5 Å².